The summed E-state index contributed by atoms with van der Waals surface area (Å²) in [5.74, 6) is -0.475. The molecule has 0 radical (unpaired) electrons. The number of carbonyl (C=O) groups excluding carboxylic acids is 1. The second kappa shape index (κ2) is 3.05. The summed E-state index contributed by atoms with van der Waals surface area (Å²) in [4.78, 5) is 10.9. The van der Waals surface area contributed by atoms with Crippen LogP contribution in [0.15, 0.2) is 18.2 Å². The molecule has 0 bridgehead atoms. The van der Waals surface area contributed by atoms with Gasteiger partial charge in [0.2, 0.25) is 0 Å². The zero-order chi connectivity index (χ0) is 9.14. The summed E-state index contributed by atoms with van der Waals surface area (Å²) in [6.45, 7) is 1.34. The van der Waals surface area contributed by atoms with Crippen LogP contribution < -0.4 is 0 Å². The van der Waals surface area contributed by atoms with Crippen molar-refractivity contribution in [3.8, 4) is 11.8 Å². The molecule has 0 atom stereocenters. The molecule has 0 saturated carbocycles. The monoisotopic (exact) mass is 161 g/mol. The number of nitrogens with zero attached hydrogens (tertiary/aromatic N) is 1. The number of para-hydroxylation sites is 1. The third-order valence-corrected chi connectivity index (χ3v) is 1.54. The van der Waals surface area contributed by atoms with E-state index in [1.54, 1.807) is 12.1 Å². The SMILES string of the molecule is CC(=O)c1cccc(C#N)c1O. The van der Waals surface area contributed by atoms with Crippen molar-refractivity contribution in [2.24, 2.45) is 0 Å². The van der Waals surface area contributed by atoms with E-state index in [1.165, 1.54) is 19.1 Å². The number of hydrogen-bond donors (Lipinski definition) is 1. The van der Waals surface area contributed by atoms with Gasteiger partial charge in [0.25, 0.3) is 0 Å². The fraction of sp³-hybridized carbons (Fsp3) is 0.111. The van der Waals surface area contributed by atoms with Gasteiger partial charge in [0, 0.05) is 0 Å². The van der Waals surface area contributed by atoms with Gasteiger partial charge in [-0.25, -0.2) is 0 Å². The third kappa shape index (κ3) is 1.28. The van der Waals surface area contributed by atoms with Crippen molar-refractivity contribution in [2.45, 2.75) is 6.92 Å². The Bertz CT molecular complexity index is 363. The van der Waals surface area contributed by atoms with Crippen LogP contribution >= 0.6 is 0 Å². The first-order valence-electron chi connectivity index (χ1n) is 3.40. The minimum Gasteiger partial charge on any atom is -0.506 e. The zero-order valence-corrected chi connectivity index (χ0v) is 6.53. The van der Waals surface area contributed by atoms with Crippen molar-refractivity contribution in [1.82, 2.24) is 0 Å². The lowest BCUT2D eigenvalue weighted by Gasteiger charge is -2.00. The molecule has 0 spiro atoms. The molecule has 0 unspecified atom stereocenters. The predicted molar refractivity (Wildman–Crippen MR) is 42.8 cm³/mol. The van der Waals surface area contributed by atoms with Gasteiger partial charge in [-0.05, 0) is 19.1 Å². The summed E-state index contributed by atoms with van der Waals surface area (Å²) in [5.41, 5.74) is 0.316. The average molecular weight is 161 g/mol. The molecule has 12 heavy (non-hydrogen) atoms. The number of benzene rings is 1. The van der Waals surface area contributed by atoms with Crippen LogP contribution in [-0.2, 0) is 0 Å². The van der Waals surface area contributed by atoms with Crippen LogP contribution in [0.4, 0.5) is 0 Å². The normalized spacial score (nSPS) is 9.00. The van der Waals surface area contributed by atoms with E-state index in [9.17, 15) is 9.90 Å². The molecule has 1 N–H and O–H groups in total. The van der Waals surface area contributed by atoms with Gasteiger partial charge in [0.1, 0.15) is 11.8 Å². The summed E-state index contributed by atoms with van der Waals surface area (Å²) in [6.07, 6.45) is 0. The first-order valence-corrected chi connectivity index (χ1v) is 3.40. The molecule has 0 saturated heterocycles. The van der Waals surface area contributed by atoms with Crippen molar-refractivity contribution in [2.75, 3.05) is 0 Å². The van der Waals surface area contributed by atoms with E-state index in [-0.39, 0.29) is 22.7 Å². The molecule has 60 valence electrons. The molecular weight excluding hydrogens is 154 g/mol. The van der Waals surface area contributed by atoms with E-state index in [0.717, 1.165) is 0 Å². The Hall–Kier alpha value is -1.82. The van der Waals surface area contributed by atoms with Gasteiger partial charge >= 0.3 is 0 Å². The molecule has 1 aromatic rings. The summed E-state index contributed by atoms with van der Waals surface area (Å²) in [6, 6.07) is 6.30. The van der Waals surface area contributed by atoms with Gasteiger partial charge in [-0.1, -0.05) is 6.07 Å². The molecule has 0 fully saturated rings. The van der Waals surface area contributed by atoms with Crippen LogP contribution in [0.1, 0.15) is 22.8 Å². The molecule has 1 rings (SSSR count). The Morgan fingerprint density at radius 2 is 2.25 bits per heavy atom. The predicted octanol–water partition coefficient (Wildman–Crippen LogP) is 1.47. The summed E-state index contributed by atoms with van der Waals surface area (Å²) >= 11 is 0. The lowest BCUT2D eigenvalue weighted by atomic mass is 10.1. The van der Waals surface area contributed by atoms with E-state index < -0.39 is 0 Å². The molecule has 0 heterocycles. The van der Waals surface area contributed by atoms with E-state index in [4.69, 9.17) is 5.26 Å². The second-order valence-electron chi connectivity index (χ2n) is 2.37. The average Bonchev–Trinajstić information content (AvgIpc) is 2.04. The molecule has 3 heteroatoms. The molecule has 1 aromatic carbocycles. The second-order valence-corrected chi connectivity index (χ2v) is 2.37. The largest absolute Gasteiger partial charge is 0.506 e. The van der Waals surface area contributed by atoms with Crippen LogP contribution in [0.25, 0.3) is 0 Å². The fourth-order valence-corrected chi connectivity index (χ4v) is 0.918. The number of rotatable bonds is 1. The Balaban J connectivity index is 3.35. The zero-order valence-electron chi connectivity index (χ0n) is 6.53. The lowest BCUT2D eigenvalue weighted by molar-refractivity contribution is 0.101. The maximum atomic E-state index is 10.9. The number of hydrogen-bond acceptors (Lipinski definition) is 3. The Labute approximate surface area is 69.9 Å². The Morgan fingerprint density at radius 1 is 1.58 bits per heavy atom. The minimum absolute atomic E-state index is 0.128. The van der Waals surface area contributed by atoms with E-state index in [2.05, 4.69) is 0 Å². The van der Waals surface area contributed by atoms with Crippen molar-refractivity contribution in [3.63, 3.8) is 0 Å². The minimum atomic E-state index is -0.246. The number of carbonyl (C=O) groups is 1. The topological polar surface area (TPSA) is 61.1 Å². The smallest absolute Gasteiger partial charge is 0.163 e. The van der Waals surface area contributed by atoms with Crippen molar-refractivity contribution in [1.29, 1.82) is 5.26 Å². The highest BCUT2D eigenvalue weighted by molar-refractivity contribution is 5.97. The molecule has 0 aliphatic heterocycles. The van der Waals surface area contributed by atoms with E-state index in [1.807, 2.05) is 0 Å². The Kier molecular flexibility index (Phi) is 2.11. The molecule has 0 aliphatic carbocycles. The fourth-order valence-electron chi connectivity index (χ4n) is 0.918. The molecule has 0 amide bonds. The number of aromatic hydroxyl groups is 1. The molecule has 3 nitrogen and oxygen atoms in total. The first-order chi connectivity index (χ1) is 5.66. The molecular formula is C9H7NO2. The van der Waals surface area contributed by atoms with Gasteiger partial charge in [-0.15, -0.1) is 0 Å². The van der Waals surface area contributed by atoms with Crippen molar-refractivity contribution < 1.29 is 9.90 Å². The van der Waals surface area contributed by atoms with Gasteiger partial charge in [0.05, 0.1) is 11.1 Å². The van der Waals surface area contributed by atoms with Crippen LogP contribution in [0.5, 0.6) is 5.75 Å². The highest BCUT2D eigenvalue weighted by Gasteiger charge is 2.09. The van der Waals surface area contributed by atoms with Gasteiger partial charge in [-0.2, -0.15) is 5.26 Å². The van der Waals surface area contributed by atoms with Crippen LogP contribution in [-0.4, -0.2) is 10.9 Å². The number of Topliss-reactive ketones (excluding diaryl/α,β-unsaturated/α-hetero) is 1. The number of phenols is 1. The summed E-state index contributed by atoms with van der Waals surface area (Å²) < 4.78 is 0. The number of ketones is 1. The van der Waals surface area contributed by atoms with Crippen LogP contribution in [0, 0.1) is 11.3 Å². The lowest BCUT2D eigenvalue weighted by Crippen LogP contribution is -1.93. The maximum Gasteiger partial charge on any atom is 0.163 e. The van der Waals surface area contributed by atoms with Gasteiger partial charge in [-0.3, -0.25) is 4.79 Å². The van der Waals surface area contributed by atoms with Crippen LogP contribution in [0.2, 0.25) is 0 Å². The first kappa shape index (κ1) is 8.28. The van der Waals surface area contributed by atoms with Gasteiger partial charge < -0.3 is 5.11 Å². The third-order valence-electron chi connectivity index (χ3n) is 1.54. The quantitative estimate of drug-likeness (QED) is 0.634. The number of phenolic OH excluding ortho intramolecular Hbond substituents is 1. The highest BCUT2D eigenvalue weighted by atomic mass is 16.3. The standard InChI is InChI=1S/C9H7NO2/c1-6(11)8-4-2-3-7(5-10)9(8)12/h2-4,12H,1H3. The highest BCUT2D eigenvalue weighted by Crippen LogP contribution is 2.21. The van der Waals surface area contributed by atoms with Crippen LogP contribution in [0.3, 0.4) is 0 Å². The van der Waals surface area contributed by atoms with Gasteiger partial charge in [0.15, 0.2) is 5.78 Å². The Morgan fingerprint density at radius 3 is 2.75 bits per heavy atom. The summed E-state index contributed by atoms with van der Waals surface area (Å²) in [7, 11) is 0. The summed E-state index contributed by atoms with van der Waals surface area (Å²) in [5, 5.41) is 17.8. The van der Waals surface area contributed by atoms with Crippen molar-refractivity contribution >= 4 is 5.78 Å². The molecule has 0 aliphatic rings. The van der Waals surface area contributed by atoms with E-state index in [0.29, 0.717) is 0 Å². The molecule has 0 aromatic heterocycles. The van der Waals surface area contributed by atoms with Crippen molar-refractivity contribution in [3.05, 3.63) is 29.3 Å². The van der Waals surface area contributed by atoms with E-state index >= 15 is 0 Å². The maximum absolute atomic E-state index is 10.9. The number of nitriles is 1.